The van der Waals surface area contributed by atoms with Crippen molar-refractivity contribution in [3.63, 3.8) is 0 Å². The van der Waals surface area contributed by atoms with Crippen molar-refractivity contribution < 1.29 is 5.11 Å². The Morgan fingerprint density at radius 3 is 2.45 bits per heavy atom. The third-order valence-electron chi connectivity index (χ3n) is 3.60. The molecule has 0 aliphatic heterocycles. The van der Waals surface area contributed by atoms with Gasteiger partial charge < -0.3 is 5.11 Å². The molecule has 4 rings (SSSR count). The maximum absolute atomic E-state index is 12.2. The van der Waals surface area contributed by atoms with E-state index >= 15 is 0 Å². The minimum Gasteiger partial charge on any atom is -0.492 e. The lowest BCUT2D eigenvalue weighted by atomic mass is 10.1. The first-order valence-corrected chi connectivity index (χ1v) is 7.43. The summed E-state index contributed by atoms with van der Waals surface area (Å²) < 4.78 is 2.48. The first-order chi connectivity index (χ1) is 10.6. The van der Waals surface area contributed by atoms with E-state index in [-0.39, 0.29) is 11.4 Å². The molecule has 108 valence electrons. The van der Waals surface area contributed by atoms with Crippen LogP contribution in [0.1, 0.15) is 0 Å². The van der Waals surface area contributed by atoms with E-state index in [1.165, 1.54) is 4.52 Å². The van der Waals surface area contributed by atoms with Gasteiger partial charge in [0.05, 0.1) is 5.39 Å². The van der Waals surface area contributed by atoms with Gasteiger partial charge in [0.2, 0.25) is 5.88 Å². The zero-order chi connectivity index (χ0) is 15.3. The summed E-state index contributed by atoms with van der Waals surface area (Å²) in [5.41, 5.74) is 1.07. The number of H-pyrrole nitrogens is 1. The second kappa shape index (κ2) is 4.71. The molecule has 0 aliphatic rings. The zero-order valence-electron chi connectivity index (χ0n) is 11.2. The molecule has 22 heavy (non-hydrogen) atoms. The van der Waals surface area contributed by atoms with Crippen LogP contribution in [-0.4, -0.2) is 19.7 Å². The number of aromatic hydroxyl groups is 1. The standard InChI is InChI=1S/C16H10BrN3O2/c17-10-7-5-9(6-8-10)14-18-16(22)13-11-3-1-2-4-12(11)15(21)19-20(13)14/h1-8,22H,(H,19,21). The van der Waals surface area contributed by atoms with Gasteiger partial charge in [-0.25, -0.2) is 4.52 Å². The van der Waals surface area contributed by atoms with Crippen molar-refractivity contribution in [3.05, 3.63) is 63.4 Å². The third kappa shape index (κ3) is 1.84. The van der Waals surface area contributed by atoms with Gasteiger partial charge in [0, 0.05) is 15.4 Å². The first kappa shape index (κ1) is 13.1. The number of nitrogens with zero attached hydrogens (tertiary/aromatic N) is 2. The topological polar surface area (TPSA) is 70.4 Å². The molecule has 0 unspecified atom stereocenters. The number of hydrogen-bond acceptors (Lipinski definition) is 3. The van der Waals surface area contributed by atoms with Gasteiger partial charge in [0.1, 0.15) is 5.52 Å². The minimum absolute atomic E-state index is 0.106. The monoisotopic (exact) mass is 355 g/mol. The van der Waals surface area contributed by atoms with Crippen molar-refractivity contribution in [2.75, 3.05) is 0 Å². The van der Waals surface area contributed by atoms with Crippen molar-refractivity contribution in [1.29, 1.82) is 0 Å². The van der Waals surface area contributed by atoms with Gasteiger partial charge in [-0.2, -0.15) is 4.98 Å². The minimum atomic E-state index is -0.223. The molecule has 0 saturated heterocycles. The molecular formula is C16H10BrN3O2. The number of rotatable bonds is 1. The summed E-state index contributed by atoms with van der Waals surface area (Å²) >= 11 is 3.38. The van der Waals surface area contributed by atoms with Crippen LogP contribution in [0.3, 0.4) is 0 Å². The Hall–Kier alpha value is -2.60. The summed E-state index contributed by atoms with van der Waals surface area (Å²) in [5, 5.41) is 14.2. The Labute approximate surface area is 133 Å². The largest absolute Gasteiger partial charge is 0.492 e. The average molecular weight is 356 g/mol. The van der Waals surface area contributed by atoms with E-state index in [4.69, 9.17) is 0 Å². The van der Waals surface area contributed by atoms with Gasteiger partial charge in [-0.05, 0) is 18.2 Å². The number of benzene rings is 2. The zero-order valence-corrected chi connectivity index (χ0v) is 12.8. The van der Waals surface area contributed by atoms with Gasteiger partial charge in [0.15, 0.2) is 5.82 Å². The molecule has 2 heterocycles. The Morgan fingerprint density at radius 2 is 1.73 bits per heavy atom. The van der Waals surface area contributed by atoms with Crippen LogP contribution >= 0.6 is 15.9 Å². The first-order valence-electron chi connectivity index (χ1n) is 6.63. The summed E-state index contributed by atoms with van der Waals surface area (Å²) in [4.78, 5) is 16.5. The summed E-state index contributed by atoms with van der Waals surface area (Å²) in [6, 6.07) is 14.6. The van der Waals surface area contributed by atoms with Gasteiger partial charge >= 0.3 is 0 Å². The number of halogens is 1. The Balaban J connectivity index is 2.14. The van der Waals surface area contributed by atoms with E-state index in [0.717, 1.165) is 10.0 Å². The van der Waals surface area contributed by atoms with Gasteiger partial charge in [-0.15, -0.1) is 0 Å². The highest BCUT2D eigenvalue weighted by atomic mass is 79.9. The highest BCUT2D eigenvalue weighted by molar-refractivity contribution is 9.10. The molecule has 0 fully saturated rings. The van der Waals surface area contributed by atoms with Crippen LogP contribution in [0.25, 0.3) is 27.7 Å². The molecule has 5 nitrogen and oxygen atoms in total. The third-order valence-corrected chi connectivity index (χ3v) is 4.13. The molecule has 4 aromatic rings. The van der Waals surface area contributed by atoms with Gasteiger partial charge in [0.25, 0.3) is 5.56 Å². The normalized spacial score (nSPS) is 11.3. The maximum Gasteiger partial charge on any atom is 0.270 e. The number of fused-ring (bicyclic) bond motifs is 3. The van der Waals surface area contributed by atoms with Crippen molar-refractivity contribution in [3.8, 4) is 17.3 Å². The molecule has 0 bridgehead atoms. The molecule has 0 radical (unpaired) electrons. The fraction of sp³-hybridized carbons (Fsp3) is 0. The number of hydrogen-bond donors (Lipinski definition) is 2. The Kier molecular flexibility index (Phi) is 2.80. The van der Waals surface area contributed by atoms with Crippen LogP contribution in [-0.2, 0) is 0 Å². The number of aromatic amines is 1. The summed E-state index contributed by atoms with van der Waals surface area (Å²) in [7, 11) is 0. The predicted octanol–water partition coefficient (Wildman–Crippen LogP) is 3.31. The molecule has 6 heteroatoms. The Bertz CT molecular complexity index is 1060. The smallest absolute Gasteiger partial charge is 0.270 e. The van der Waals surface area contributed by atoms with Crippen LogP contribution in [0.15, 0.2) is 57.8 Å². The van der Waals surface area contributed by atoms with Crippen LogP contribution in [0.5, 0.6) is 5.88 Å². The van der Waals surface area contributed by atoms with Gasteiger partial charge in [-0.1, -0.05) is 46.3 Å². The Morgan fingerprint density at radius 1 is 1.05 bits per heavy atom. The van der Waals surface area contributed by atoms with Crippen molar-refractivity contribution >= 4 is 32.2 Å². The van der Waals surface area contributed by atoms with Crippen LogP contribution in [0.2, 0.25) is 0 Å². The highest BCUT2D eigenvalue weighted by Gasteiger charge is 2.16. The van der Waals surface area contributed by atoms with E-state index in [1.807, 2.05) is 30.3 Å². The van der Waals surface area contributed by atoms with E-state index in [0.29, 0.717) is 22.1 Å². The quantitative estimate of drug-likeness (QED) is 0.550. The van der Waals surface area contributed by atoms with Crippen LogP contribution in [0.4, 0.5) is 0 Å². The second-order valence-electron chi connectivity index (χ2n) is 4.94. The lowest BCUT2D eigenvalue weighted by Crippen LogP contribution is -2.12. The molecule has 0 atom stereocenters. The number of nitrogens with one attached hydrogen (secondary N) is 1. The molecule has 0 saturated carbocycles. The maximum atomic E-state index is 12.2. The molecule has 2 N–H and O–H groups in total. The lowest BCUT2D eigenvalue weighted by molar-refractivity contribution is 0.463. The number of aromatic nitrogens is 3. The van der Waals surface area contributed by atoms with Crippen molar-refractivity contribution in [2.45, 2.75) is 0 Å². The van der Waals surface area contributed by atoms with Crippen molar-refractivity contribution in [1.82, 2.24) is 14.6 Å². The molecular weight excluding hydrogens is 346 g/mol. The van der Waals surface area contributed by atoms with Crippen LogP contribution in [0, 0.1) is 0 Å². The fourth-order valence-corrected chi connectivity index (χ4v) is 2.87. The second-order valence-corrected chi connectivity index (χ2v) is 5.85. The molecule has 2 aromatic carbocycles. The average Bonchev–Trinajstić information content (AvgIpc) is 2.85. The van der Waals surface area contributed by atoms with E-state index < -0.39 is 0 Å². The molecule has 0 amide bonds. The van der Waals surface area contributed by atoms with E-state index in [9.17, 15) is 9.90 Å². The number of imidazole rings is 1. The predicted molar refractivity (Wildman–Crippen MR) is 88.1 cm³/mol. The fourth-order valence-electron chi connectivity index (χ4n) is 2.60. The lowest BCUT2D eigenvalue weighted by Gasteiger charge is -2.04. The summed E-state index contributed by atoms with van der Waals surface area (Å²) in [5.74, 6) is 0.383. The van der Waals surface area contributed by atoms with Crippen molar-refractivity contribution in [2.24, 2.45) is 0 Å². The molecule has 0 spiro atoms. The summed E-state index contributed by atoms with van der Waals surface area (Å²) in [6.45, 7) is 0. The van der Waals surface area contributed by atoms with Crippen LogP contribution < -0.4 is 5.56 Å². The SMILES string of the molecule is O=c1[nH]n2c(-c3ccc(Br)cc3)nc(O)c2c2ccccc12. The summed E-state index contributed by atoms with van der Waals surface area (Å²) in [6.07, 6.45) is 0. The molecule has 0 aliphatic carbocycles. The van der Waals surface area contributed by atoms with E-state index in [2.05, 4.69) is 26.0 Å². The molecule has 2 aromatic heterocycles. The van der Waals surface area contributed by atoms with E-state index in [1.54, 1.807) is 18.2 Å². The van der Waals surface area contributed by atoms with Gasteiger partial charge in [-0.3, -0.25) is 9.89 Å². The highest BCUT2D eigenvalue weighted by Crippen LogP contribution is 2.30.